The van der Waals surface area contributed by atoms with E-state index in [1.165, 1.54) is 12.1 Å². The smallest absolute Gasteiger partial charge is 0.304 e. The second kappa shape index (κ2) is 5.72. The number of rotatable bonds is 5. The van der Waals surface area contributed by atoms with Gasteiger partial charge in [-0.15, -0.1) is 0 Å². The van der Waals surface area contributed by atoms with Gasteiger partial charge in [-0.1, -0.05) is 19.9 Å². The molecule has 4 nitrogen and oxygen atoms in total. The molecule has 0 bridgehead atoms. The lowest BCUT2D eigenvalue weighted by molar-refractivity contribution is -0.387. The van der Waals surface area contributed by atoms with E-state index in [0.29, 0.717) is 12.3 Å². The monoisotopic (exact) mass is 240 g/mol. The first kappa shape index (κ1) is 13.6. The van der Waals surface area contributed by atoms with Gasteiger partial charge in [0, 0.05) is 12.1 Å². The summed E-state index contributed by atoms with van der Waals surface area (Å²) in [5.74, 6) is -0.413. The number of nitrogens with zero attached hydrogens (tertiary/aromatic N) is 1. The molecule has 94 valence electrons. The summed E-state index contributed by atoms with van der Waals surface area (Å²) in [5, 5.41) is 10.4. The number of nitrogens with two attached hydrogens (primary N) is 1. The fraction of sp³-hybridized carbons (Fsp3) is 0.500. The van der Waals surface area contributed by atoms with Crippen LogP contribution in [-0.2, 0) is 6.42 Å². The number of nitro benzene ring substituents is 1. The molecule has 0 aliphatic carbocycles. The van der Waals surface area contributed by atoms with Crippen LogP contribution in [0.2, 0.25) is 0 Å². The van der Waals surface area contributed by atoms with E-state index >= 15 is 0 Å². The average molecular weight is 240 g/mol. The van der Waals surface area contributed by atoms with Crippen molar-refractivity contribution in [1.29, 1.82) is 0 Å². The first-order chi connectivity index (χ1) is 7.91. The standard InChI is InChI=1S/C12H17FN2O2/c1-8(2)11(14)5-3-9-4-6-12(15(16)17)10(13)7-9/h4,6-8,11H,3,5,14H2,1-2H3. The molecule has 0 amide bonds. The lowest BCUT2D eigenvalue weighted by Gasteiger charge is -2.15. The molecule has 0 spiro atoms. The first-order valence-corrected chi connectivity index (χ1v) is 5.60. The topological polar surface area (TPSA) is 69.2 Å². The molecular formula is C12H17FN2O2. The van der Waals surface area contributed by atoms with Crippen molar-refractivity contribution in [1.82, 2.24) is 0 Å². The summed E-state index contributed by atoms with van der Waals surface area (Å²) < 4.78 is 13.3. The molecule has 1 unspecified atom stereocenters. The third-order valence-electron chi connectivity index (χ3n) is 2.83. The van der Waals surface area contributed by atoms with Crippen LogP contribution in [0.15, 0.2) is 18.2 Å². The zero-order chi connectivity index (χ0) is 13.0. The van der Waals surface area contributed by atoms with E-state index in [1.54, 1.807) is 6.07 Å². The SMILES string of the molecule is CC(C)C(N)CCc1ccc([N+](=O)[O-])c(F)c1. The highest BCUT2D eigenvalue weighted by Gasteiger charge is 2.14. The molecule has 0 fully saturated rings. The van der Waals surface area contributed by atoms with Crippen LogP contribution in [0.1, 0.15) is 25.8 Å². The Hall–Kier alpha value is -1.49. The van der Waals surface area contributed by atoms with Crippen LogP contribution in [0, 0.1) is 21.8 Å². The lowest BCUT2D eigenvalue weighted by Crippen LogP contribution is -2.26. The highest BCUT2D eigenvalue weighted by atomic mass is 19.1. The molecular weight excluding hydrogens is 223 g/mol. The predicted octanol–water partition coefficient (Wildman–Crippen LogP) is 2.65. The van der Waals surface area contributed by atoms with Crippen LogP contribution in [0.3, 0.4) is 0 Å². The molecule has 1 rings (SSSR count). The Balaban J connectivity index is 2.68. The van der Waals surface area contributed by atoms with Gasteiger partial charge in [-0.3, -0.25) is 10.1 Å². The Morgan fingerprint density at radius 2 is 2.12 bits per heavy atom. The van der Waals surface area contributed by atoms with Crippen LogP contribution in [0.5, 0.6) is 0 Å². The van der Waals surface area contributed by atoms with Gasteiger partial charge < -0.3 is 5.73 Å². The van der Waals surface area contributed by atoms with E-state index in [9.17, 15) is 14.5 Å². The fourth-order valence-electron chi connectivity index (χ4n) is 1.52. The van der Waals surface area contributed by atoms with Crippen LogP contribution in [0.25, 0.3) is 0 Å². The molecule has 1 atom stereocenters. The van der Waals surface area contributed by atoms with Crippen molar-refractivity contribution in [2.45, 2.75) is 32.7 Å². The van der Waals surface area contributed by atoms with Crippen molar-refractivity contribution in [3.05, 3.63) is 39.7 Å². The van der Waals surface area contributed by atoms with Crippen LogP contribution >= 0.6 is 0 Å². The van der Waals surface area contributed by atoms with E-state index in [4.69, 9.17) is 5.73 Å². The van der Waals surface area contributed by atoms with Crippen molar-refractivity contribution >= 4 is 5.69 Å². The second-order valence-corrected chi connectivity index (χ2v) is 4.49. The third-order valence-corrected chi connectivity index (χ3v) is 2.83. The van der Waals surface area contributed by atoms with Gasteiger partial charge in [0.2, 0.25) is 5.82 Å². The summed E-state index contributed by atoms with van der Waals surface area (Å²) >= 11 is 0. The minimum atomic E-state index is -0.786. The number of halogens is 1. The van der Waals surface area contributed by atoms with E-state index in [-0.39, 0.29) is 6.04 Å². The summed E-state index contributed by atoms with van der Waals surface area (Å²) in [5.41, 5.74) is 6.13. The van der Waals surface area contributed by atoms with Gasteiger partial charge in [-0.2, -0.15) is 4.39 Å². The Morgan fingerprint density at radius 1 is 1.47 bits per heavy atom. The van der Waals surface area contributed by atoms with Crippen molar-refractivity contribution in [2.75, 3.05) is 0 Å². The lowest BCUT2D eigenvalue weighted by atomic mass is 9.97. The maximum Gasteiger partial charge on any atom is 0.304 e. The highest BCUT2D eigenvalue weighted by Crippen LogP contribution is 2.19. The van der Waals surface area contributed by atoms with E-state index in [2.05, 4.69) is 0 Å². The van der Waals surface area contributed by atoms with Gasteiger partial charge in [-0.05, 0) is 30.4 Å². The summed E-state index contributed by atoms with van der Waals surface area (Å²) in [6, 6.07) is 4.05. The summed E-state index contributed by atoms with van der Waals surface area (Å²) in [7, 11) is 0. The normalized spacial score (nSPS) is 12.8. The van der Waals surface area contributed by atoms with Gasteiger partial charge >= 0.3 is 5.69 Å². The number of aryl methyl sites for hydroxylation is 1. The third kappa shape index (κ3) is 3.78. The van der Waals surface area contributed by atoms with Gasteiger partial charge in [-0.25, -0.2) is 0 Å². The predicted molar refractivity (Wildman–Crippen MR) is 64.2 cm³/mol. The molecule has 0 saturated carbocycles. The molecule has 0 heterocycles. The van der Waals surface area contributed by atoms with Gasteiger partial charge in [0.25, 0.3) is 0 Å². The average Bonchev–Trinajstić information content (AvgIpc) is 2.25. The Morgan fingerprint density at radius 3 is 2.59 bits per heavy atom. The molecule has 5 heteroatoms. The van der Waals surface area contributed by atoms with Crippen LogP contribution in [-0.4, -0.2) is 11.0 Å². The largest absolute Gasteiger partial charge is 0.327 e. The summed E-state index contributed by atoms with van der Waals surface area (Å²) in [6.07, 6.45) is 1.38. The molecule has 1 aromatic rings. The molecule has 0 radical (unpaired) electrons. The number of hydrogen-bond acceptors (Lipinski definition) is 3. The highest BCUT2D eigenvalue weighted by molar-refractivity contribution is 5.35. The van der Waals surface area contributed by atoms with Gasteiger partial charge in [0.1, 0.15) is 0 Å². The van der Waals surface area contributed by atoms with Crippen molar-refractivity contribution in [2.24, 2.45) is 11.7 Å². The van der Waals surface area contributed by atoms with Gasteiger partial charge in [0.15, 0.2) is 0 Å². The molecule has 0 saturated heterocycles. The summed E-state index contributed by atoms with van der Waals surface area (Å²) in [6.45, 7) is 4.06. The maximum atomic E-state index is 13.3. The summed E-state index contributed by atoms with van der Waals surface area (Å²) in [4.78, 5) is 9.71. The quantitative estimate of drug-likeness (QED) is 0.635. The van der Waals surface area contributed by atoms with Crippen LogP contribution in [0.4, 0.5) is 10.1 Å². The van der Waals surface area contributed by atoms with Crippen LogP contribution < -0.4 is 5.73 Å². The van der Waals surface area contributed by atoms with E-state index in [0.717, 1.165) is 12.0 Å². The second-order valence-electron chi connectivity index (χ2n) is 4.49. The van der Waals surface area contributed by atoms with Crippen molar-refractivity contribution < 1.29 is 9.31 Å². The zero-order valence-corrected chi connectivity index (χ0v) is 10.0. The van der Waals surface area contributed by atoms with Crippen molar-refractivity contribution in [3.63, 3.8) is 0 Å². The Labute approximate surface area is 99.8 Å². The molecule has 17 heavy (non-hydrogen) atoms. The van der Waals surface area contributed by atoms with E-state index < -0.39 is 16.4 Å². The molecule has 1 aromatic carbocycles. The Bertz CT molecular complexity index is 407. The van der Waals surface area contributed by atoms with Crippen molar-refractivity contribution in [3.8, 4) is 0 Å². The van der Waals surface area contributed by atoms with E-state index in [1.807, 2.05) is 13.8 Å². The molecule has 0 aromatic heterocycles. The zero-order valence-electron chi connectivity index (χ0n) is 10.0. The fourth-order valence-corrected chi connectivity index (χ4v) is 1.52. The number of benzene rings is 1. The molecule has 0 aliphatic heterocycles. The first-order valence-electron chi connectivity index (χ1n) is 5.60. The minimum Gasteiger partial charge on any atom is -0.327 e. The van der Waals surface area contributed by atoms with Gasteiger partial charge in [0.05, 0.1) is 4.92 Å². The Kier molecular flexibility index (Phi) is 4.57. The molecule has 2 N–H and O–H groups in total. The molecule has 0 aliphatic rings. The maximum absolute atomic E-state index is 13.3. The number of hydrogen-bond donors (Lipinski definition) is 1. The minimum absolute atomic E-state index is 0.0632. The number of nitro groups is 1.